The number of nitrogens with one attached hydrogen (secondary N) is 2. The van der Waals surface area contributed by atoms with Crippen LogP contribution >= 0.6 is 0 Å². The predicted molar refractivity (Wildman–Crippen MR) is 108 cm³/mol. The van der Waals surface area contributed by atoms with Crippen molar-refractivity contribution in [3.63, 3.8) is 0 Å². The molecule has 0 bridgehead atoms. The lowest BCUT2D eigenvalue weighted by atomic mass is 10.2. The van der Waals surface area contributed by atoms with E-state index in [-0.39, 0.29) is 43.4 Å². The Morgan fingerprint density at radius 3 is 2.68 bits per heavy atom. The van der Waals surface area contributed by atoms with Gasteiger partial charge in [0.1, 0.15) is 18.5 Å². The summed E-state index contributed by atoms with van der Waals surface area (Å²) in [4.78, 5) is 12.2. The van der Waals surface area contributed by atoms with E-state index in [4.69, 9.17) is 19.5 Å². The topological polar surface area (TPSA) is 147 Å². The minimum atomic E-state index is -3.74. The number of ether oxygens (including phenoxy) is 3. The van der Waals surface area contributed by atoms with Crippen LogP contribution in [0.2, 0.25) is 0 Å². The molecule has 0 fully saturated rings. The first-order valence-corrected chi connectivity index (χ1v) is 10.8. The smallest absolute Gasteiger partial charge is 0.251 e. The van der Waals surface area contributed by atoms with Gasteiger partial charge in [-0.05, 0) is 36.4 Å². The fourth-order valence-electron chi connectivity index (χ4n) is 2.64. The predicted octanol–water partition coefficient (Wildman–Crippen LogP) is 0.777. The highest BCUT2D eigenvalue weighted by Crippen LogP contribution is 2.35. The average Bonchev–Trinajstić information content (AvgIpc) is 3.24. The Bertz CT molecular complexity index is 1070. The number of aliphatic hydroxyl groups excluding tert-OH is 1. The van der Waals surface area contributed by atoms with E-state index in [0.29, 0.717) is 17.2 Å². The first-order valence-electron chi connectivity index (χ1n) is 9.34. The summed E-state index contributed by atoms with van der Waals surface area (Å²) in [7, 11) is -3.74. The minimum absolute atomic E-state index is 0.00723. The summed E-state index contributed by atoms with van der Waals surface area (Å²) in [5, 5.41) is 21.1. The van der Waals surface area contributed by atoms with Gasteiger partial charge >= 0.3 is 0 Å². The van der Waals surface area contributed by atoms with Crippen molar-refractivity contribution in [1.29, 1.82) is 5.26 Å². The van der Waals surface area contributed by atoms with Gasteiger partial charge in [0.2, 0.25) is 16.8 Å². The molecule has 0 radical (unpaired) electrons. The highest BCUT2D eigenvalue weighted by Gasteiger charge is 2.16. The van der Waals surface area contributed by atoms with Gasteiger partial charge in [-0.1, -0.05) is 0 Å². The molecule has 3 rings (SSSR count). The highest BCUT2D eigenvalue weighted by atomic mass is 32.2. The molecule has 1 unspecified atom stereocenters. The second-order valence-corrected chi connectivity index (χ2v) is 8.29. The molecule has 2 aromatic carbocycles. The van der Waals surface area contributed by atoms with Crippen molar-refractivity contribution < 1.29 is 32.5 Å². The number of aliphatic hydroxyl groups is 1. The van der Waals surface area contributed by atoms with E-state index in [9.17, 15) is 18.3 Å². The molecule has 1 heterocycles. The van der Waals surface area contributed by atoms with Crippen LogP contribution in [0.1, 0.15) is 16.8 Å². The minimum Gasteiger partial charge on any atom is -0.491 e. The van der Waals surface area contributed by atoms with Crippen LogP contribution in [0.5, 0.6) is 17.2 Å². The van der Waals surface area contributed by atoms with Gasteiger partial charge in [-0.3, -0.25) is 4.79 Å². The molecule has 164 valence electrons. The average molecular weight is 447 g/mol. The molecule has 0 saturated carbocycles. The van der Waals surface area contributed by atoms with Gasteiger partial charge in [0.25, 0.3) is 5.91 Å². The molecule has 1 atom stereocenters. The van der Waals surface area contributed by atoms with E-state index in [2.05, 4.69) is 10.0 Å². The summed E-state index contributed by atoms with van der Waals surface area (Å²) in [5.74, 6) is 1.21. The van der Waals surface area contributed by atoms with Gasteiger partial charge in [-0.15, -0.1) is 0 Å². The van der Waals surface area contributed by atoms with Crippen molar-refractivity contribution in [3.8, 4) is 23.3 Å². The molecule has 0 aromatic heterocycles. The fraction of sp³-hybridized carbons (Fsp3) is 0.300. The standard InChI is InChI=1S/C20H21N3O7S/c21-8-1-9-23-31(26,27)17-5-2-14(3-6-17)20(25)22-11-15(24)12-28-16-4-7-18-19(10-16)30-13-29-18/h2-7,10,15,23-24H,1,9,11-13H2,(H,22,25). The van der Waals surface area contributed by atoms with Crippen LogP contribution < -0.4 is 24.2 Å². The van der Waals surface area contributed by atoms with Gasteiger partial charge in [0.15, 0.2) is 11.5 Å². The summed E-state index contributed by atoms with van der Waals surface area (Å²) >= 11 is 0. The molecule has 10 nitrogen and oxygen atoms in total. The maximum atomic E-state index is 12.2. The Labute approximate surface area is 179 Å². The van der Waals surface area contributed by atoms with E-state index in [1.165, 1.54) is 24.3 Å². The van der Waals surface area contributed by atoms with Crippen LogP contribution in [-0.4, -0.2) is 52.0 Å². The van der Waals surface area contributed by atoms with Gasteiger partial charge in [-0.2, -0.15) is 5.26 Å². The van der Waals surface area contributed by atoms with Crippen LogP contribution in [0.25, 0.3) is 0 Å². The second kappa shape index (κ2) is 10.1. The SMILES string of the molecule is N#CCCNS(=O)(=O)c1ccc(C(=O)NCC(O)COc2ccc3c(c2)OCO3)cc1. The summed E-state index contributed by atoms with van der Waals surface area (Å²) < 4.78 is 42.4. The first-order chi connectivity index (χ1) is 14.9. The molecule has 1 amide bonds. The number of rotatable bonds is 10. The number of nitrogens with zero attached hydrogens (tertiary/aromatic N) is 1. The van der Waals surface area contributed by atoms with E-state index in [1.807, 2.05) is 6.07 Å². The molecule has 31 heavy (non-hydrogen) atoms. The lowest BCUT2D eigenvalue weighted by Gasteiger charge is -2.14. The third-order valence-electron chi connectivity index (χ3n) is 4.24. The van der Waals surface area contributed by atoms with Crippen LogP contribution in [-0.2, 0) is 10.0 Å². The van der Waals surface area contributed by atoms with Gasteiger partial charge in [0.05, 0.1) is 11.0 Å². The molecule has 0 aliphatic carbocycles. The summed E-state index contributed by atoms with van der Waals surface area (Å²) in [6, 6.07) is 12.2. The van der Waals surface area contributed by atoms with Crippen LogP contribution in [0, 0.1) is 11.3 Å². The van der Waals surface area contributed by atoms with E-state index in [1.54, 1.807) is 18.2 Å². The third-order valence-corrected chi connectivity index (χ3v) is 5.72. The van der Waals surface area contributed by atoms with Crippen LogP contribution in [0.4, 0.5) is 0 Å². The van der Waals surface area contributed by atoms with Crippen molar-refractivity contribution in [3.05, 3.63) is 48.0 Å². The number of hydrogen-bond donors (Lipinski definition) is 3. The monoisotopic (exact) mass is 447 g/mol. The number of carbonyl (C=O) groups excluding carboxylic acids is 1. The summed E-state index contributed by atoms with van der Waals surface area (Å²) in [5.41, 5.74) is 0.236. The van der Waals surface area contributed by atoms with Gasteiger partial charge in [-0.25, -0.2) is 13.1 Å². The number of carbonyl (C=O) groups is 1. The van der Waals surface area contributed by atoms with Crippen molar-refractivity contribution >= 4 is 15.9 Å². The highest BCUT2D eigenvalue weighted by molar-refractivity contribution is 7.89. The maximum Gasteiger partial charge on any atom is 0.251 e. The number of fused-ring (bicyclic) bond motifs is 1. The second-order valence-electron chi connectivity index (χ2n) is 6.52. The number of nitriles is 1. The first kappa shape index (κ1) is 22.4. The number of sulfonamides is 1. The molecular weight excluding hydrogens is 426 g/mol. The van der Waals surface area contributed by atoms with Crippen molar-refractivity contribution in [2.24, 2.45) is 0 Å². The Morgan fingerprint density at radius 2 is 1.94 bits per heavy atom. The Morgan fingerprint density at radius 1 is 1.19 bits per heavy atom. The maximum absolute atomic E-state index is 12.2. The molecule has 1 aliphatic heterocycles. The molecular formula is C20H21N3O7S. The fourth-order valence-corrected chi connectivity index (χ4v) is 3.67. The molecule has 11 heteroatoms. The lowest BCUT2D eigenvalue weighted by Crippen LogP contribution is -2.35. The molecule has 2 aromatic rings. The summed E-state index contributed by atoms with van der Waals surface area (Å²) in [6.07, 6.45) is -0.904. The van der Waals surface area contributed by atoms with Crippen LogP contribution in [0.3, 0.4) is 0 Å². The Hall–Kier alpha value is -3.33. The Kier molecular flexibility index (Phi) is 7.30. The lowest BCUT2D eigenvalue weighted by molar-refractivity contribution is 0.0843. The van der Waals surface area contributed by atoms with E-state index in [0.717, 1.165) is 0 Å². The van der Waals surface area contributed by atoms with E-state index >= 15 is 0 Å². The quantitative estimate of drug-likeness (QED) is 0.453. The molecule has 3 N–H and O–H groups in total. The largest absolute Gasteiger partial charge is 0.491 e. The zero-order valence-corrected chi connectivity index (χ0v) is 17.2. The zero-order chi connectivity index (χ0) is 22.3. The normalized spacial score (nSPS) is 13.3. The number of benzene rings is 2. The number of hydrogen-bond acceptors (Lipinski definition) is 8. The molecule has 0 saturated heterocycles. The van der Waals surface area contributed by atoms with Crippen molar-refractivity contribution in [2.45, 2.75) is 17.4 Å². The molecule has 0 spiro atoms. The molecule has 1 aliphatic rings. The Balaban J connectivity index is 1.46. The van der Waals surface area contributed by atoms with Crippen molar-refractivity contribution in [2.75, 3.05) is 26.5 Å². The third kappa shape index (κ3) is 6.08. The summed E-state index contributed by atoms with van der Waals surface area (Å²) in [6.45, 7) is 0.0516. The number of amides is 1. The van der Waals surface area contributed by atoms with Gasteiger partial charge < -0.3 is 24.6 Å². The van der Waals surface area contributed by atoms with E-state index < -0.39 is 22.0 Å². The van der Waals surface area contributed by atoms with Crippen molar-refractivity contribution in [1.82, 2.24) is 10.0 Å². The van der Waals surface area contributed by atoms with Gasteiger partial charge in [0, 0.05) is 31.1 Å². The zero-order valence-electron chi connectivity index (χ0n) is 16.4. The van der Waals surface area contributed by atoms with Crippen LogP contribution in [0.15, 0.2) is 47.4 Å².